The fraction of sp³-hybridized carbons (Fsp3) is 0.562. The molecule has 1 amide bonds. The van der Waals surface area contributed by atoms with Gasteiger partial charge in [0, 0.05) is 32.0 Å². The third-order valence-corrected chi connectivity index (χ3v) is 4.02. The molecule has 1 aliphatic heterocycles. The third kappa shape index (κ3) is 3.51. The lowest BCUT2D eigenvalue weighted by molar-refractivity contribution is 0.0538. The second-order valence-corrected chi connectivity index (χ2v) is 5.51. The lowest BCUT2D eigenvalue weighted by Gasteiger charge is -2.28. The second kappa shape index (κ2) is 6.75. The number of amides is 1. The lowest BCUT2D eigenvalue weighted by atomic mass is 9.92. The van der Waals surface area contributed by atoms with E-state index in [-0.39, 0.29) is 11.9 Å². The van der Waals surface area contributed by atoms with Crippen LogP contribution in [0.15, 0.2) is 18.2 Å². The van der Waals surface area contributed by atoms with Gasteiger partial charge in [-0.3, -0.25) is 4.79 Å². The van der Waals surface area contributed by atoms with Crippen molar-refractivity contribution >= 4 is 11.6 Å². The molecule has 1 unspecified atom stereocenters. The van der Waals surface area contributed by atoms with Crippen molar-refractivity contribution in [3.8, 4) is 0 Å². The quantitative estimate of drug-likeness (QED) is 0.888. The second-order valence-electron chi connectivity index (χ2n) is 5.51. The zero-order valence-corrected chi connectivity index (χ0v) is 12.5. The van der Waals surface area contributed by atoms with Crippen LogP contribution >= 0.6 is 0 Å². The number of ether oxygens (including phenoxy) is 1. The molecule has 0 aliphatic carbocycles. The zero-order valence-electron chi connectivity index (χ0n) is 12.5. The first kappa shape index (κ1) is 14.9. The Kier molecular flexibility index (Phi) is 5.01. The average molecular weight is 276 g/mol. The first-order chi connectivity index (χ1) is 9.61. The van der Waals surface area contributed by atoms with E-state index in [9.17, 15) is 4.79 Å². The SMILES string of the molecule is CNc1cc(C)ccc1C(=O)NC(C)C1CCOCC1. The Morgan fingerprint density at radius 3 is 2.70 bits per heavy atom. The first-order valence-corrected chi connectivity index (χ1v) is 7.29. The maximum absolute atomic E-state index is 12.4. The normalized spacial score (nSPS) is 17.6. The van der Waals surface area contributed by atoms with Crippen LogP contribution in [0.3, 0.4) is 0 Å². The van der Waals surface area contributed by atoms with E-state index in [4.69, 9.17) is 4.74 Å². The van der Waals surface area contributed by atoms with Gasteiger partial charge >= 0.3 is 0 Å². The van der Waals surface area contributed by atoms with Gasteiger partial charge in [-0.1, -0.05) is 6.07 Å². The van der Waals surface area contributed by atoms with E-state index in [2.05, 4.69) is 17.6 Å². The fourth-order valence-electron chi connectivity index (χ4n) is 2.68. The lowest BCUT2D eigenvalue weighted by Crippen LogP contribution is -2.40. The number of hydrogen-bond acceptors (Lipinski definition) is 3. The van der Waals surface area contributed by atoms with Crippen molar-refractivity contribution < 1.29 is 9.53 Å². The molecule has 110 valence electrons. The highest BCUT2D eigenvalue weighted by Crippen LogP contribution is 2.21. The summed E-state index contributed by atoms with van der Waals surface area (Å²) in [5.41, 5.74) is 2.72. The molecule has 0 saturated carbocycles. The molecule has 0 aromatic heterocycles. The van der Waals surface area contributed by atoms with Crippen LogP contribution in [0.1, 0.15) is 35.7 Å². The monoisotopic (exact) mass is 276 g/mol. The van der Waals surface area contributed by atoms with Crippen LogP contribution in [-0.4, -0.2) is 32.2 Å². The molecule has 2 rings (SSSR count). The highest BCUT2D eigenvalue weighted by atomic mass is 16.5. The summed E-state index contributed by atoms with van der Waals surface area (Å²) in [6.07, 6.45) is 2.04. The number of aryl methyl sites for hydroxylation is 1. The summed E-state index contributed by atoms with van der Waals surface area (Å²) < 4.78 is 5.37. The number of carbonyl (C=O) groups is 1. The van der Waals surface area contributed by atoms with Gasteiger partial charge in [-0.25, -0.2) is 0 Å². The third-order valence-electron chi connectivity index (χ3n) is 4.02. The molecular formula is C16H24N2O2. The van der Waals surface area contributed by atoms with Gasteiger partial charge in [0.25, 0.3) is 5.91 Å². The zero-order chi connectivity index (χ0) is 14.5. The highest BCUT2D eigenvalue weighted by Gasteiger charge is 2.23. The molecule has 1 heterocycles. The van der Waals surface area contributed by atoms with Gasteiger partial charge < -0.3 is 15.4 Å². The topological polar surface area (TPSA) is 50.4 Å². The van der Waals surface area contributed by atoms with Crippen molar-refractivity contribution in [3.05, 3.63) is 29.3 Å². The summed E-state index contributed by atoms with van der Waals surface area (Å²) in [7, 11) is 1.84. The fourth-order valence-corrected chi connectivity index (χ4v) is 2.68. The standard InChI is InChI=1S/C16H24N2O2/c1-11-4-5-14(15(10-11)17-3)16(19)18-12(2)13-6-8-20-9-7-13/h4-5,10,12-13,17H,6-9H2,1-3H3,(H,18,19). The van der Waals surface area contributed by atoms with Crippen molar-refractivity contribution in [2.75, 3.05) is 25.6 Å². The van der Waals surface area contributed by atoms with Gasteiger partial charge in [0.15, 0.2) is 0 Å². The molecule has 4 nitrogen and oxygen atoms in total. The maximum Gasteiger partial charge on any atom is 0.253 e. The molecule has 2 N–H and O–H groups in total. The summed E-state index contributed by atoms with van der Waals surface area (Å²) in [4.78, 5) is 12.4. The summed E-state index contributed by atoms with van der Waals surface area (Å²) >= 11 is 0. The van der Waals surface area contributed by atoms with Gasteiger partial charge in [0.2, 0.25) is 0 Å². The Bertz CT molecular complexity index is 468. The minimum absolute atomic E-state index is 0.00616. The largest absolute Gasteiger partial charge is 0.387 e. The molecule has 1 aromatic carbocycles. The number of nitrogens with one attached hydrogen (secondary N) is 2. The summed E-state index contributed by atoms with van der Waals surface area (Å²) in [5.74, 6) is 0.504. The van der Waals surface area contributed by atoms with Gasteiger partial charge in [0.1, 0.15) is 0 Å². The molecule has 1 fully saturated rings. The Morgan fingerprint density at radius 2 is 2.05 bits per heavy atom. The summed E-state index contributed by atoms with van der Waals surface area (Å²) in [6, 6.07) is 6.02. The average Bonchev–Trinajstić information content (AvgIpc) is 2.47. The first-order valence-electron chi connectivity index (χ1n) is 7.29. The molecule has 0 radical (unpaired) electrons. The minimum Gasteiger partial charge on any atom is -0.387 e. The van der Waals surface area contributed by atoms with Crippen LogP contribution in [0.4, 0.5) is 5.69 Å². The van der Waals surface area contributed by atoms with Crippen molar-refractivity contribution in [1.82, 2.24) is 5.32 Å². The van der Waals surface area contributed by atoms with E-state index in [0.717, 1.165) is 37.3 Å². The maximum atomic E-state index is 12.4. The van der Waals surface area contributed by atoms with Crippen LogP contribution < -0.4 is 10.6 Å². The molecule has 1 aromatic rings. The van der Waals surface area contributed by atoms with Crippen molar-refractivity contribution in [3.63, 3.8) is 0 Å². The number of hydrogen-bond donors (Lipinski definition) is 2. The van der Waals surface area contributed by atoms with E-state index in [1.807, 2.05) is 32.2 Å². The molecule has 0 spiro atoms. The van der Waals surface area contributed by atoms with Crippen LogP contribution in [0.5, 0.6) is 0 Å². The van der Waals surface area contributed by atoms with Crippen molar-refractivity contribution in [2.45, 2.75) is 32.7 Å². The summed E-state index contributed by atoms with van der Waals surface area (Å²) in [6.45, 7) is 5.71. The van der Waals surface area contributed by atoms with Gasteiger partial charge in [-0.15, -0.1) is 0 Å². The van der Waals surface area contributed by atoms with Crippen LogP contribution in [0, 0.1) is 12.8 Å². The molecule has 1 aliphatic rings. The number of anilines is 1. The van der Waals surface area contributed by atoms with E-state index >= 15 is 0 Å². The molecule has 1 atom stereocenters. The molecular weight excluding hydrogens is 252 g/mol. The van der Waals surface area contributed by atoms with Crippen LogP contribution in [-0.2, 0) is 4.74 Å². The van der Waals surface area contributed by atoms with E-state index in [1.165, 1.54) is 0 Å². The molecule has 1 saturated heterocycles. The smallest absolute Gasteiger partial charge is 0.253 e. The Balaban J connectivity index is 2.03. The van der Waals surface area contributed by atoms with E-state index in [1.54, 1.807) is 0 Å². The summed E-state index contributed by atoms with van der Waals surface area (Å²) in [5, 5.41) is 6.21. The Morgan fingerprint density at radius 1 is 1.35 bits per heavy atom. The predicted octanol–water partition coefficient (Wildman–Crippen LogP) is 2.58. The minimum atomic E-state index is -0.00616. The number of carbonyl (C=O) groups excluding carboxylic acids is 1. The van der Waals surface area contributed by atoms with Crippen LogP contribution in [0.25, 0.3) is 0 Å². The van der Waals surface area contributed by atoms with E-state index < -0.39 is 0 Å². The van der Waals surface area contributed by atoms with Crippen LogP contribution in [0.2, 0.25) is 0 Å². The van der Waals surface area contributed by atoms with Gasteiger partial charge in [-0.2, -0.15) is 0 Å². The van der Waals surface area contributed by atoms with Gasteiger partial charge in [0.05, 0.1) is 5.56 Å². The van der Waals surface area contributed by atoms with Crippen molar-refractivity contribution in [2.24, 2.45) is 5.92 Å². The predicted molar refractivity (Wildman–Crippen MR) is 81.2 cm³/mol. The highest BCUT2D eigenvalue weighted by molar-refractivity contribution is 5.99. The Labute approximate surface area is 120 Å². The van der Waals surface area contributed by atoms with E-state index in [0.29, 0.717) is 11.5 Å². The molecule has 0 bridgehead atoms. The van der Waals surface area contributed by atoms with Gasteiger partial charge in [-0.05, 0) is 50.3 Å². The molecule has 20 heavy (non-hydrogen) atoms. The number of benzene rings is 1. The Hall–Kier alpha value is -1.55. The number of rotatable bonds is 4. The van der Waals surface area contributed by atoms with Crippen molar-refractivity contribution in [1.29, 1.82) is 0 Å². The molecule has 4 heteroatoms.